The monoisotopic (exact) mass is 637 g/mol. The van der Waals surface area contributed by atoms with Crippen LogP contribution in [0.2, 0.25) is 5.02 Å². The number of ether oxygens (including phenoxy) is 2. The molecule has 3 fully saturated rings. The van der Waals surface area contributed by atoms with Crippen LogP contribution >= 0.6 is 11.6 Å². The number of nitrogens with zero attached hydrogens (tertiary/aromatic N) is 3. The van der Waals surface area contributed by atoms with E-state index in [1.165, 1.54) is 14.2 Å². The molecular weight excluding hydrogens is 596 g/mol. The van der Waals surface area contributed by atoms with E-state index in [4.69, 9.17) is 32.7 Å². The number of alkyl halides is 2. The first kappa shape index (κ1) is 32.3. The van der Waals surface area contributed by atoms with Crippen LogP contribution in [-0.2, 0) is 25.5 Å². The van der Waals surface area contributed by atoms with Crippen LogP contribution in [0.15, 0.2) is 23.5 Å². The maximum atomic E-state index is 14.5. The zero-order valence-electron chi connectivity index (χ0n) is 25.5. The molecule has 1 spiro atoms. The van der Waals surface area contributed by atoms with Crippen molar-refractivity contribution in [2.24, 2.45) is 28.3 Å². The highest BCUT2D eigenvalue weighted by Gasteiger charge is 2.54. The number of halogens is 3. The average molecular weight is 638 g/mol. The van der Waals surface area contributed by atoms with Gasteiger partial charge in [0.05, 0.1) is 30.2 Å². The van der Waals surface area contributed by atoms with Gasteiger partial charge in [0.1, 0.15) is 18.1 Å². The van der Waals surface area contributed by atoms with Gasteiger partial charge in [-0.2, -0.15) is 0 Å². The molecule has 242 valence electrons. The van der Waals surface area contributed by atoms with Crippen LogP contribution in [0.1, 0.15) is 69.0 Å². The fourth-order valence-corrected chi connectivity index (χ4v) is 7.64. The second kappa shape index (κ2) is 12.3. The van der Waals surface area contributed by atoms with Crippen LogP contribution in [0.5, 0.6) is 5.75 Å². The minimum absolute atomic E-state index is 0.00305. The molecule has 10 nitrogen and oxygen atoms in total. The predicted molar refractivity (Wildman–Crippen MR) is 159 cm³/mol. The number of fused-ring (bicyclic) bond motifs is 1. The van der Waals surface area contributed by atoms with Crippen molar-refractivity contribution < 1.29 is 32.6 Å². The van der Waals surface area contributed by atoms with Gasteiger partial charge in [0, 0.05) is 43.7 Å². The van der Waals surface area contributed by atoms with Crippen LogP contribution < -0.4 is 16.3 Å². The molecule has 4 N–H and O–H groups in total. The zero-order chi connectivity index (χ0) is 32.0. The molecule has 3 atom stereocenters. The van der Waals surface area contributed by atoms with Crippen molar-refractivity contribution in [2.75, 3.05) is 40.4 Å². The van der Waals surface area contributed by atoms with Crippen LogP contribution in [0.4, 0.5) is 8.78 Å². The van der Waals surface area contributed by atoms with Gasteiger partial charge in [-0.25, -0.2) is 14.6 Å². The third kappa shape index (κ3) is 5.94. The van der Waals surface area contributed by atoms with E-state index in [2.05, 4.69) is 0 Å². The van der Waals surface area contributed by atoms with Crippen LogP contribution in [-0.4, -0.2) is 79.4 Å². The topological polar surface area (TPSA) is 131 Å². The summed E-state index contributed by atoms with van der Waals surface area (Å²) >= 11 is 6.70. The summed E-state index contributed by atoms with van der Waals surface area (Å²) < 4.78 is 38.6. The molecule has 0 radical (unpaired) electrons. The maximum Gasteiger partial charge on any atom is 0.312 e. The fourth-order valence-electron chi connectivity index (χ4n) is 7.38. The van der Waals surface area contributed by atoms with Crippen LogP contribution in [0, 0.1) is 16.7 Å². The van der Waals surface area contributed by atoms with Gasteiger partial charge in [0.25, 0.3) is 6.43 Å². The number of carbonyl (C=O) groups is 3. The average Bonchev–Trinajstić information content (AvgIpc) is 3.66. The smallest absolute Gasteiger partial charge is 0.312 e. The summed E-state index contributed by atoms with van der Waals surface area (Å²) in [6, 6.07) is 2.67. The van der Waals surface area contributed by atoms with Crippen molar-refractivity contribution in [1.82, 2.24) is 14.8 Å². The lowest BCUT2D eigenvalue weighted by molar-refractivity contribution is -0.165. The van der Waals surface area contributed by atoms with E-state index >= 15 is 0 Å². The third-order valence-corrected chi connectivity index (χ3v) is 10.4. The highest BCUT2D eigenvalue weighted by molar-refractivity contribution is 6.31. The molecule has 5 rings (SSSR count). The molecule has 4 aliphatic rings. The Morgan fingerprint density at radius 2 is 1.95 bits per heavy atom. The van der Waals surface area contributed by atoms with Crippen molar-refractivity contribution in [2.45, 2.75) is 70.8 Å². The molecule has 0 aromatic heterocycles. The molecule has 2 aliphatic heterocycles. The molecule has 13 heteroatoms. The second-order valence-electron chi connectivity index (χ2n) is 13.0. The Balaban J connectivity index is 1.54. The summed E-state index contributed by atoms with van der Waals surface area (Å²) in [6.45, 7) is 2.57. The van der Waals surface area contributed by atoms with E-state index < -0.39 is 35.5 Å². The summed E-state index contributed by atoms with van der Waals surface area (Å²) in [7, 11) is 2.61. The third-order valence-electron chi connectivity index (χ3n) is 10.1. The van der Waals surface area contributed by atoms with E-state index in [0.29, 0.717) is 55.1 Å². The van der Waals surface area contributed by atoms with Crippen molar-refractivity contribution in [3.8, 4) is 5.75 Å². The molecule has 1 saturated heterocycles. The molecule has 44 heavy (non-hydrogen) atoms. The summed E-state index contributed by atoms with van der Waals surface area (Å²) in [4.78, 5) is 44.3. The number of hydrogen-bond acceptors (Lipinski definition) is 8. The van der Waals surface area contributed by atoms with Gasteiger partial charge >= 0.3 is 5.97 Å². The summed E-state index contributed by atoms with van der Waals surface area (Å²) in [5.41, 5.74) is 5.61. The number of benzene rings is 1. The van der Waals surface area contributed by atoms with Gasteiger partial charge in [-0.05, 0) is 62.1 Å². The van der Waals surface area contributed by atoms with Crippen LogP contribution in [0.3, 0.4) is 0 Å². The van der Waals surface area contributed by atoms with Gasteiger partial charge in [-0.1, -0.05) is 24.4 Å². The number of rotatable bonds is 9. The lowest BCUT2D eigenvalue weighted by Gasteiger charge is -2.45. The van der Waals surface area contributed by atoms with Crippen molar-refractivity contribution in [3.63, 3.8) is 0 Å². The van der Waals surface area contributed by atoms with Gasteiger partial charge in [-0.15, -0.1) is 0 Å². The molecule has 2 unspecified atom stereocenters. The number of carbonyl (C=O) groups excluding carboxylic acids is 3. The predicted octanol–water partition coefficient (Wildman–Crippen LogP) is 3.77. The Morgan fingerprint density at radius 1 is 1.23 bits per heavy atom. The summed E-state index contributed by atoms with van der Waals surface area (Å²) in [5, 5.41) is 1.24. The van der Waals surface area contributed by atoms with Gasteiger partial charge in [0.15, 0.2) is 0 Å². The highest BCUT2D eigenvalue weighted by Crippen LogP contribution is 2.54. The first-order chi connectivity index (χ1) is 20.8. The number of hydrogen-bond donors (Lipinski definition) is 2. The van der Waals surface area contributed by atoms with Gasteiger partial charge < -0.3 is 30.0 Å². The SMILES string of the molecule is COC(=O)[C@@]1(C)CCCCC1C(=O)N1CCc2c(Cl)ccc(OC/C(N)=C(\C(F)F)N(C)N)c2C1CN1CC2(CC2)CC1=O. The number of likely N-dealkylation sites (tertiary alicyclic amines) is 1. The number of allylic oxidation sites excluding steroid dienone is 1. The largest absolute Gasteiger partial charge is 0.487 e. The Bertz CT molecular complexity index is 1340. The van der Waals surface area contributed by atoms with Crippen molar-refractivity contribution >= 4 is 29.4 Å². The zero-order valence-corrected chi connectivity index (χ0v) is 26.3. The summed E-state index contributed by atoms with van der Waals surface area (Å²) in [6.07, 6.45) is 2.65. The Morgan fingerprint density at radius 3 is 2.57 bits per heavy atom. The minimum Gasteiger partial charge on any atom is -0.487 e. The highest BCUT2D eigenvalue weighted by atomic mass is 35.5. The molecular formula is C31H42ClF2N5O5. The Labute approximate surface area is 261 Å². The van der Waals surface area contributed by atoms with Crippen molar-refractivity contribution in [1.29, 1.82) is 0 Å². The van der Waals surface area contributed by atoms with E-state index in [1.807, 2.05) is 4.90 Å². The molecule has 1 aromatic rings. The van der Waals surface area contributed by atoms with Gasteiger partial charge in [0.2, 0.25) is 11.8 Å². The van der Waals surface area contributed by atoms with E-state index in [-0.39, 0.29) is 36.1 Å². The molecule has 2 amide bonds. The quantitative estimate of drug-likeness (QED) is 0.238. The molecule has 2 saturated carbocycles. The van der Waals surface area contributed by atoms with E-state index in [9.17, 15) is 23.2 Å². The number of methoxy groups -OCH3 is 1. The lowest BCUT2D eigenvalue weighted by atomic mass is 9.66. The Kier molecular flexibility index (Phi) is 9.06. The number of hydrazine groups is 1. The fraction of sp³-hybridized carbons (Fsp3) is 0.645. The molecule has 1 aromatic carbocycles. The van der Waals surface area contributed by atoms with Crippen LogP contribution in [0.25, 0.3) is 0 Å². The molecule has 2 aliphatic carbocycles. The number of amides is 2. The standard InChI is InChI=1S/C31H42ClF2N5O5/c1-30(29(42)43-3)10-5-4-6-19(30)28(41)39-13-9-18-20(32)7-8-23(44-16-21(35)26(27(33)34)37(2)36)25(18)22(39)15-38-17-31(11-12-31)14-24(38)40/h7-8,19,22,27H,4-6,9-17,35-36H2,1-3H3/b26-21-/t19?,22?,30-/m0/s1. The second-order valence-corrected chi connectivity index (χ2v) is 13.4. The van der Waals surface area contributed by atoms with E-state index in [0.717, 1.165) is 36.3 Å². The maximum absolute atomic E-state index is 14.5. The molecule has 0 bridgehead atoms. The first-order valence-electron chi connectivity index (χ1n) is 15.2. The number of nitrogens with two attached hydrogens (primary N) is 2. The Hall–Kier alpha value is -3.12. The van der Waals surface area contributed by atoms with Gasteiger partial charge in [-0.3, -0.25) is 14.4 Å². The van der Waals surface area contributed by atoms with E-state index in [1.54, 1.807) is 24.0 Å². The van der Waals surface area contributed by atoms with Crippen molar-refractivity contribution in [3.05, 3.63) is 39.7 Å². The number of esters is 1. The normalized spacial score (nSPS) is 26.4. The summed E-state index contributed by atoms with van der Waals surface area (Å²) in [5.74, 6) is 4.75. The molecule has 2 heterocycles. The lowest BCUT2D eigenvalue weighted by Crippen LogP contribution is -2.53. The minimum atomic E-state index is -2.91. The first-order valence-corrected chi connectivity index (χ1v) is 15.6.